The van der Waals surface area contributed by atoms with E-state index in [1.54, 1.807) is 4.68 Å². The van der Waals surface area contributed by atoms with Gasteiger partial charge >= 0.3 is 0 Å². The number of nitrogens with two attached hydrogens (primary N) is 1. The van der Waals surface area contributed by atoms with Crippen LogP contribution in [-0.2, 0) is 0 Å². The fourth-order valence-corrected chi connectivity index (χ4v) is 2.78. The first-order valence-electron chi connectivity index (χ1n) is 6.16. The quantitative estimate of drug-likeness (QED) is 0.705. The maximum atomic E-state index is 6.17. The summed E-state index contributed by atoms with van der Waals surface area (Å²) in [5.74, 6) is 0.605. The predicted molar refractivity (Wildman–Crippen MR) is 86.4 cm³/mol. The molecular formula is C14H11BrClN5. The standard InChI is InChI=1S/C14H11BrClN5/c1-8-12(16)3-2-4-13(8)21-14(18-19-20-21)9-5-10(15)7-11(17)6-9/h2-7H,17H2,1H3. The topological polar surface area (TPSA) is 69.6 Å². The van der Waals surface area contributed by atoms with Crippen LogP contribution in [0.25, 0.3) is 17.1 Å². The number of nitrogens with zero attached hydrogens (tertiary/aromatic N) is 4. The smallest absolute Gasteiger partial charge is 0.187 e. The summed E-state index contributed by atoms with van der Waals surface area (Å²) in [6.45, 7) is 1.93. The van der Waals surface area contributed by atoms with Gasteiger partial charge in [0.05, 0.1) is 5.69 Å². The zero-order valence-electron chi connectivity index (χ0n) is 11.1. The summed E-state index contributed by atoms with van der Waals surface area (Å²) in [4.78, 5) is 0. The third kappa shape index (κ3) is 2.64. The van der Waals surface area contributed by atoms with Crippen LogP contribution in [0.2, 0.25) is 5.02 Å². The van der Waals surface area contributed by atoms with Crippen molar-refractivity contribution in [2.75, 3.05) is 5.73 Å². The molecule has 3 rings (SSSR count). The highest BCUT2D eigenvalue weighted by Gasteiger charge is 2.14. The fourth-order valence-electron chi connectivity index (χ4n) is 2.10. The molecule has 1 heterocycles. The van der Waals surface area contributed by atoms with Crippen molar-refractivity contribution in [1.29, 1.82) is 0 Å². The number of nitrogen functional groups attached to an aromatic ring is 1. The molecule has 7 heteroatoms. The summed E-state index contributed by atoms with van der Waals surface area (Å²) in [5, 5.41) is 12.6. The van der Waals surface area contributed by atoms with E-state index in [1.807, 2.05) is 43.3 Å². The van der Waals surface area contributed by atoms with Crippen molar-refractivity contribution in [2.45, 2.75) is 6.92 Å². The molecule has 0 bridgehead atoms. The summed E-state index contributed by atoms with van der Waals surface area (Å²) >= 11 is 9.60. The first kappa shape index (κ1) is 14.0. The lowest BCUT2D eigenvalue weighted by Gasteiger charge is -2.09. The average Bonchev–Trinajstić information content (AvgIpc) is 2.90. The van der Waals surface area contributed by atoms with E-state index < -0.39 is 0 Å². The minimum absolute atomic E-state index is 0.605. The lowest BCUT2D eigenvalue weighted by Crippen LogP contribution is -2.02. The minimum Gasteiger partial charge on any atom is -0.399 e. The van der Waals surface area contributed by atoms with Gasteiger partial charge in [-0.15, -0.1) is 5.10 Å². The third-order valence-electron chi connectivity index (χ3n) is 3.12. The SMILES string of the molecule is Cc1c(Cl)cccc1-n1nnnc1-c1cc(N)cc(Br)c1. The van der Waals surface area contributed by atoms with Crippen LogP contribution in [0, 0.1) is 6.92 Å². The molecule has 0 saturated heterocycles. The van der Waals surface area contributed by atoms with E-state index in [0.717, 1.165) is 21.3 Å². The van der Waals surface area contributed by atoms with Gasteiger partial charge in [0, 0.05) is 20.7 Å². The van der Waals surface area contributed by atoms with Gasteiger partial charge in [0.1, 0.15) is 0 Å². The maximum Gasteiger partial charge on any atom is 0.187 e. The highest BCUT2D eigenvalue weighted by molar-refractivity contribution is 9.10. The number of tetrazole rings is 1. The number of anilines is 1. The van der Waals surface area contributed by atoms with Crippen LogP contribution < -0.4 is 5.73 Å². The van der Waals surface area contributed by atoms with E-state index in [-0.39, 0.29) is 0 Å². The number of hydrogen-bond donors (Lipinski definition) is 1. The number of benzene rings is 2. The van der Waals surface area contributed by atoms with Gasteiger partial charge in [-0.05, 0) is 53.2 Å². The van der Waals surface area contributed by atoms with Crippen molar-refractivity contribution >= 4 is 33.2 Å². The fraction of sp³-hybridized carbons (Fsp3) is 0.0714. The summed E-state index contributed by atoms with van der Waals surface area (Å²) in [6, 6.07) is 11.2. The van der Waals surface area contributed by atoms with Gasteiger partial charge in [0.15, 0.2) is 5.82 Å². The molecule has 0 aliphatic carbocycles. The highest BCUT2D eigenvalue weighted by Crippen LogP contribution is 2.28. The molecule has 0 aliphatic rings. The molecule has 0 spiro atoms. The van der Waals surface area contributed by atoms with Crippen LogP contribution in [0.3, 0.4) is 0 Å². The summed E-state index contributed by atoms with van der Waals surface area (Å²) in [6.07, 6.45) is 0. The molecule has 21 heavy (non-hydrogen) atoms. The minimum atomic E-state index is 0.605. The zero-order valence-corrected chi connectivity index (χ0v) is 13.4. The second kappa shape index (κ2) is 5.46. The monoisotopic (exact) mass is 363 g/mol. The molecule has 0 fully saturated rings. The Labute approximate surface area is 134 Å². The van der Waals surface area contributed by atoms with Gasteiger partial charge in [-0.25, -0.2) is 0 Å². The molecule has 5 nitrogen and oxygen atoms in total. The molecule has 106 valence electrons. The van der Waals surface area contributed by atoms with Gasteiger partial charge in [-0.2, -0.15) is 4.68 Å². The lowest BCUT2D eigenvalue weighted by atomic mass is 10.1. The lowest BCUT2D eigenvalue weighted by molar-refractivity contribution is 0.787. The highest BCUT2D eigenvalue weighted by atomic mass is 79.9. The molecule has 0 saturated carbocycles. The molecule has 0 atom stereocenters. The van der Waals surface area contributed by atoms with Crippen molar-refractivity contribution in [1.82, 2.24) is 20.2 Å². The van der Waals surface area contributed by atoms with Crippen LogP contribution >= 0.6 is 27.5 Å². The maximum absolute atomic E-state index is 6.17. The molecule has 2 aromatic carbocycles. The van der Waals surface area contributed by atoms with Gasteiger partial charge in [-0.1, -0.05) is 33.6 Å². The van der Waals surface area contributed by atoms with Gasteiger partial charge < -0.3 is 5.73 Å². The van der Waals surface area contributed by atoms with E-state index >= 15 is 0 Å². The Morgan fingerprint density at radius 2 is 2.05 bits per heavy atom. The Morgan fingerprint density at radius 1 is 1.24 bits per heavy atom. The second-order valence-corrected chi connectivity index (χ2v) is 5.89. The zero-order chi connectivity index (χ0) is 15.0. The number of rotatable bonds is 2. The number of aromatic nitrogens is 4. The van der Waals surface area contributed by atoms with Gasteiger partial charge in [0.25, 0.3) is 0 Å². The molecule has 3 aromatic rings. The van der Waals surface area contributed by atoms with Crippen LogP contribution in [0.15, 0.2) is 40.9 Å². The van der Waals surface area contributed by atoms with E-state index in [0.29, 0.717) is 16.5 Å². The Balaban J connectivity index is 2.19. The average molecular weight is 365 g/mol. The molecule has 2 N–H and O–H groups in total. The molecule has 0 radical (unpaired) electrons. The van der Waals surface area contributed by atoms with Crippen molar-refractivity contribution in [2.24, 2.45) is 0 Å². The molecule has 0 aliphatic heterocycles. The van der Waals surface area contributed by atoms with E-state index in [9.17, 15) is 0 Å². The van der Waals surface area contributed by atoms with Crippen LogP contribution in [0.1, 0.15) is 5.56 Å². The molecule has 0 amide bonds. The predicted octanol–water partition coefficient (Wildman–Crippen LogP) is 3.64. The van der Waals surface area contributed by atoms with Crippen molar-refractivity contribution in [3.05, 3.63) is 51.5 Å². The number of halogens is 2. The molecule has 1 aromatic heterocycles. The second-order valence-electron chi connectivity index (χ2n) is 4.57. The Morgan fingerprint density at radius 3 is 2.81 bits per heavy atom. The summed E-state index contributed by atoms with van der Waals surface area (Å²) < 4.78 is 2.53. The third-order valence-corrected chi connectivity index (χ3v) is 3.98. The first-order chi connectivity index (χ1) is 10.1. The number of hydrogen-bond acceptors (Lipinski definition) is 4. The van der Waals surface area contributed by atoms with Gasteiger partial charge in [0.2, 0.25) is 0 Å². The van der Waals surface area contributed by atoms with Crippen molar-refractivity contribution < 1.29 is 0 Å². The molecular weight excluding hydrogens is 354 g/mol. The molecule has 0 unspecified atom stereocenters. The first-order valence-corrected chi connectivity index (χ1v) is 7.33. The van der Waals surface area contributed by atoms with E-state index in [2.05, 4.69) is 31.5 Å². The van der Waals surface area contributed by atoms with Crippen LogP contribution in [-0.4, -0.2) is 20.2 Å². The van der Waals surface area contributed by atoms with Crippen molar-refractivity contribution in [3.63, 3.8) is 0 Å². The summed E-state index contributed by atoms with van der Waals surface area (Å²) in [7, 11) is 0. The Kier molecular flexibility index (Phi) is 3.65. The van der Waals surface area contributed by atoms with Crippen LogP contribution in [0.4, 0.5) is 5.69 Å². The Bertz CT molecular complexity index is 795. The summed E-state index contributed by atoms with van der Waals surface area (Å²) in [5.41, 5.74) is 9.09. The van der Waals surface area contributed by atoms with Crippen molar-refractivity contribution in [3.8, 4) is 17.1 Å². The Hall–Kier alpha value is -1.92. The van der Waals surface area contributed by atoms with E-state index in [1.165, 1.54) is 0 Å². The van der Waals surface area contributed by atoms with Gasteiger partial charge in [-0.3, -0.25) is 0 Å². The normalized spacial score (nSPS) is 10.8. The van der Waals surface area contributed by atoms with Crippen LogP contribution in [0.5, 0.6) is 0 Å². The largest absolute Gasteiger partial charge is 0.399 e. The van der Waals surface area contributed by atoms with E-state index in [4.69, 9.17) is 17.3 Å².